The second kappa shape index (κ2) is 8.36. The van der Waals surface area contributed by atoms with Gasteiger partial charge in [0.25, 0.3) is 0 Å². The van der Waals surface area contributed by atoms with Crippen LogP contribution in [0.1, 0.15) is 75.6 Å². The van der Waals surface area contributed by atoms with Gasteiger partial charge in [0.15, 0.2) is 0 Å². The molecule has 0 fully saturated rings. The molecule has 2 aromatic carbocycles. The highest BCUT2D eigenvalue weighted by atomic mass is 14.2. The molecule has 0 nitrogen and oxygen atoms in total. The number of rotatable bonds is 8. The van der Waals surface area contributed by atoms with Gasteiger partial charge in [-0.25, -0.2) is 0 Å². The highest BCUT2D eigenvalue weighted by Gasteiger charge is 2.11. The van der Waals surface area contributed by atoms with E-state index in [1.54, 1.807) is 27.5 Å². The van der Waals surface area contributed by atoms with Crippen LogP contribution in [0.25, 0.3) is 10.8 Å². The SMILES string of the molecule is CCCc1cc(CCC)c2c(CCC)ccc(CCC)c2c1. The third-order valence-electron chi connectivity index (χ3n) is 4.53. The molecule has 0 aromatic heterocycles. The van der Waals surface area contributed by atoms with Gasteiger partial charge in [0.1, 0.15) is 0 Å². The Morgan fingerprint density at radius 1 is 0.591 bits per heavy atom. The fourth-order valence-electron chi connectivity index (χ4n) is 3.64. The Balaban J connectivity index is 2.71. The topological polar surface area (TPSA) is 0 Å². The van der Waals surface area contributed by atoms with E-state index >= 15 is 0 Å². The van der Waals surface area contributed by atoms with Gasteiger partial charge < -0.3 is 0 Å². The van der Waals surface area contributed by atoms with Crippen LogP contribution in [0.2, 0.25) is 0 Å². The monoisotopic (exact) mass is 296 g/mol. The Hall–Kier alpha value is -1.30. The first-order valence-corrected chi connectivity index (χ1v) is 9.31. The first-order valence-electron chi connectivity index (χ1n) is 9.31. The molecule has 0 heterocycles. The van der Waals surface area contributed by atoms with Crippen molar-refractivity contribution in [2.45, 2.75) is 79.1 Å². The summed E-state index contributed by atoms with van der Waals surface area (Å²) in [5, 5.41) is 3.12. The smallest absolute Gasteiger partial charge is 0.0117 e. The zero-order chi connectivity index (χ0) is 15.9. The van der Waals surface area contributed by atoms with Crippen LogP contribution in [0.15, 0.2) is 24.3 Å². The first kappa shape index (κ1) is 17.1. The van der Waals surface area contributed by atoms with Gasteiger partial charge in [-0.3, -0.25) is 0 Å². The fraction of sp³-hybridized carbons (Fsp3) is 0.545. The summed E-state index contributed by atoms with van der Waals surface area (Å²) in [4.78, 5) is 0. The lowest BCUT2D eigenvalue weighted by Gasteiger charge is -2.17. The van der Waals surface area contributed by atoms with Crippen LogP contribution >= 0.6 is 0 Å². The Morgan fingerprint density at radius 2 is 1.14 bits per heavy atom. The number of hydrogen-bond acceptors (Lipinski definition) is 0. The van der Waals surface area contributed by atoms with Crippen LogP contribution in [-0.2, 0) is 25.7 Å². The van der Waals surface area contributed by atoms with Gasteiger partial charge in [0.05, 0.1) is 0 Å². The molecule has 0 amide bonds. The van der Waals surface area contributed by atoms with Gasteiger partial charge in [0, 0.05) is 0 Å². The molecule has 0 atom stereocenters. The minimum Gasteiger partial charge on any atom is -0.0651 e. The van der Waals surface area contributed by atoms with Crippen molar-refractivity contribution in [1.29, 1.82) is 0 Å². The molecule has 0 radical (unpaired) electrons. The minimum atomic E-state index is 1.20. The summed E-state index contributed by atoms with van der Waals surface area (Å²) >= 11 is 0. The summed E-state index contributed by atoms with van der Waals surface area (Å²) in [6, 6.07) is 9.77. The Bertz CT molecular complexity index is 607. The van der Waals surface area contributed by atoms with E-state index in [1.165, 1.54) is 56.9 Å². The Labute approximate surface area is 136 Å². The zero-order valence-electron chi connectivity index (χ0n) is 15.0. The van der Waals surface area contributed by atoms with Crippen molar-refractivity contribution >= 4 is 10.8 Å². The average molecular weight is 296 g/mol. The molecular formula is C22H32. The first-order chi connectivity index (χ1) is 10.7. The van der Waals surface area contributed by atoms with Gasteiger partial charge >= 0.3 is 0 Å². The third kappa shape index (κ3) is 3.72. The highest BCUT2D eigenvalue weighted by Crippen LogP contribution is 2.31. The largest absolute Gasteiger partial charge is 0.0651 e. The summed E-state index contributed by atoms with van der Waals surface area (Å²) in [7, 11) is 0. The molecule has 2 rings (SSSR count). The van der Waals surface area contributed by atoms with Crippen molar-refractivity contribution in [2.24, 2.45) is 0 Å². The second-order valence-electron chi connectivity index (χ2n) is 6.56. The van der Waals surface area contributed by atoms with Crippen molar-refractivity contribution in [3.8, 4) is 0 Å². The molecule has 0 heteroatoms. The predicted molar refractivity (Wildman–Crippen MR) is 99.9 cm³/mol. The summed E-state index contributed by atoms with van der Waals surface area (Å²) in [6.45, 7) is 9.16. The maximum atomic E-state index is 2.49. The quantitative estimate of drug-likeness (QED) is 0.511. The van der Waals surface area contributed by atoms with E-state index in [0.29, 0.717) is 0 Å². The van der Waals surface area contributed by atoms with Gasteiger partial charge in [-0.1, -0.05) is 77.6 Å². The second-order valence-corrected chi connectivity index (χ2v) is 6.56. The lowest BCUT2D eigenvalue weighted by Crippen LogP contribution is -1.99. The minimum absolute atomic E-state index is 1.20. The van der Waals surface area contributed by atoms with E-state index in [4.69, 9.17) is 0 Å². The number of fused-ring (bicyclic) bond motifs is 1. The zero-order valence-corrected chi connectivity index (χ0v) is 15.0. The molecule has 0 N–H and O–H groups in total. The lowest BCUT2D eigenvalue weighted by atomic mass is 9.88. The molecule has 0 aliphatic carbocycles. The van der Waals surface area contributed by atoms with Crippen LogP contribution < -0.4 is 0 Å². The van der Waals surface area contributed by atoms with Crippen LogP contribution in [-0.4, -0.2) is 0 Å². The van der Waals surface area contributed by atoms with Crippen LogP contribution in [0, 0.1) is 0 Å². The fourth-order valence-corrected chi connectivity index (χ4v) is 3.64. The lowest BCUT2D eigenvalue weighted by molar-refractivity contribution is 0.890. The van der Waals surface area contributed by atoms with E-state index in [0.717, 1.165) is 0 Å². The molecule has 22 heavy (non-hydrogen) atoms. The van der Waals surface area contributed by atoms with E-state index in [1.807, 2.05) is 0 Å². The number of aryl methyl sites for hydroxylation is 4. The maximum absolute atomic E-state index is 2.49. The van der Waals surface area contributed by atoms with Gasteiger partial charge in [-0.15, -0.1) is 0 Å². The molecule has 2 aromatic rings. The average Bonchev–Trinajstić information content (AvgIpc) is 2.50. The molecule has 0 spiro atoms. The van der Waals surface area contributed by atoms with Crippen molar-refractivity contribution in [3.63, 3.8) is 0 Å². The standard InChI is InChI=1S/C22H32/c1-5-9-17-15-20(12-8-4)22-19(11-7-3)14-13-18(10-6-2)21(22)16-17/h13-16H,5-12H2,1-4H3. The Kier molecular flexibility index (Phi) is 6.49. The Morgan fingerprint density at radius 3 is 1.77 bits per heavy atom. The number of benzene rings is 2. The van der Waals surface area contributed by atoms with Crippen molar-refractivity contribution < 1.29 is 0 Å². The van der Waals surface area contributed by atoms with E-state index in [2.05, 4.69) is 52.0 Å². The molecule has 0 saturated heterocycles. The van der Waals surface area contributed by atoms with Crippen molar-refractivity contribution in [2.75, 3.05) is 0 Å². The number of hydrogen-bond donors (Lipinski definition) is 0. The van der Waals surface area contributed by atoms with Crippen LogP contribution in [0.4, 0.5) is 0 Å². The molecule has 0 aliphatic rings. The molecule has 0 bridgehead atoms. The molecule has 0 saturated carbocycles. The molecular weight excluding hydrogens is 264 g/mol. The molecule has 120 valence electrons. The van der Waals surface area contributed by atoms with Crippen molar-refractivity contribution in [3.05, 3.63) is 46.5 Å². The van der Waals surface area contributed by atoms with E-state index in [9.17, 15) is 0 Å². The predicted octanol–water partition coefficient (Wildman–Crippen LogP) is 6.65. The van der Waals surface area contributed by atoms with Crippen LogP contribution in [0.5, 0.6) is 0 Å². The van der Waals surface area contributed by atoms with E-state index in [-0.39, 0.29) is 0 Å². The van der Waals surface area contributed by atoms with Gasteiger partial charge in [-0.2, -0.15) is 0 Å². The van der Waals surface area contributed by atoms with Gasteiger partial charge in [0.2, 0.25) is 0 Å². The summed E-state index contributed by atoms with van der Waals surface area (Å²) in [5.74, 6) is 0. The van der Waals surface area contributed by atoms with Crippen molar-refractivity contribution in [1.82, 2.24) is 0 Å². The molecule has 0 aliphatic heterocycles. The summed E-state index contributed by atoms with van der Waals surface area (Å²) in [6.07, 6.45) is 9.73. The van der Waals surface area contributed by atoms with E-state index < -0.39 is 0 Å². The molecule has 0 unspecified atom stereocenters. The normalized spacial score (nSPS) is 11.3. The highest BCUT2D eigenvalue weighted by molar-refractivity contribution is 5.92. The summed E-state index contributed by atoms with van der Waals surface area (Å²) in [5.41, 5.74) is 6.23. The third-order valence-corrected chi connectivity index (χ3v) is 4.53. The van der Waals surface area contributed by atoms with Crippen LogP contribution in [0.3, 0.4) is 0 Å². The van der Waals surface area contributed by atoms with Gasteiger partial charge in [-0.05, 0) is 58.7 Å². The maximum Gasteiger partial charge on any atom is -0.0117 e. The summed E-state index contributed by atoms with van der Waals surface area (Å²) < 4.78 is 0.